The molecule has 238 valence electrons. The molecule has 1 aromatic rings. The van der Waals surface area contributed by atoms with Crippen molar-refractivity contribution in [2.45, 2.75) is 68.4 Å². The number of β-lactam (4-membered cyclic amide) rings is 1. The fourth-order valence-electron chi connectivity index (χ4n) is 5.17. The van der Waals surface area contributed by atoms with E-state index < -0.39 is 86.8 Å². The maximum Gasteiger partial charge on any atom is 0.369 e. The van der Waals surface area contributed by atoms with E-state index in [2.05, 4.69) is 21.4 Å². The second-order valence-electron chi connectivity index (χ2n) is 10.5. The summed E-state index contributed by atoms with van der Waals surface area (Å²) in [5.74, 6) is -6.88. The van der Waals surface area contributed by atoms with Crippen molar-refractivity contribution >= 4 is 59.7 Å². The molecule has 6 atom stereocenters. The van der Waals surface area contributed by atoms with Crippen LogP contribution in [0.25, 0.3) is 0 Å². The molecule has 0 aromatic heterocycles. The lowest BCUT2D eigenvalue weighted by molar-refractivity contribution is -0.937. The molecule has 0 aliphatic carbocycles. The molecule has 7 N–H and O–H groups in total. The van der Waals surface area contributed by atoms with E-state index in [4.69, 9.17) is 15.2 Å². The lowest BCUT2D eigenvalue weighted by atomic mass is 9.93. The molecule has 2 saturated heterocycles. The standard InChI is InChI=1S/C26H32N6O11S/c1-11(34)42-15-7-6-13(8-16(15)43-12(2)35)18(30-21(37)14(27)9-17(36)28-5)22(38)31-32-20(25(40)41)26(3,4)44-24(32)19(23(32)39)29-10-33/h6-8,10,14,18-20,24H,9,27H2,1-5H3,(H4-,28,29,30,31,33,36,37,38,40,41)/p+1/t14?,18?,19-,20-,24+,32?/m0/s1. The number of nitrogens with one attached hydrogen (secondary N) is 4. The van der Waals surface area contributed by atoms with Crippen LogP contribution in [0.4, 0.5) is 0 Å². The zero-order valence-electron chi connectivity index (χ0n) is 24.4. The predicted molar refractivity (Wildman–Crippen MR) is 150 cm³/mol. The number of rotatable bonds is 12. The van der Waals surface area contributed by atoms with Gasteiger partial charge in [-0.15, -0.1) is 4.59 Å². The molecule has 0 radical (unpaired) electrons. The first kappa shape index (κ1) is 33.9. The highest BCUT2D eigenvalue weighted by atomic mass is 32.2. The number of quaternary nitrogens is 1. The van der Waals surface area contributed by atoms with Crippen LogP contribution >= 0.6 is 11.8 Å². The Hall–Kier alpha value is -4.55. The highest BCUT2D eigenvalue weighted by Gasteiger charge is 2.80. The average molecular weight is 638 g/mol. The van der Waals surface area contributed by atoms with Gasteiger partial charge in [-0.2, -0.15) is 5.43 Å². The summed E-state index contributed by atoms with van der Waals surface area (Å²) in [6.45, 7) is 5.32. The van der Waals surface area contributed by atoms with Crippen LogP contribution < -0.4 is 36.6 Å². The van der Waals surface area contributed by atoms with Crippen molar-refractivity contribution in [3.63, 3.8) is 0 Å². The summed E-state index contributed by atoms with van der Waals surface area (Å²) in [7, 11) is 1.33. The minimum Gasteiger partial charge on any atom is -0.477 e. The van der Waals surface area contributed by atoms with Crippen LogP contribution in [0.3, 0.4) is 0 Å². The quantitative estimate of drug-likeness (QED) is 0.0476. The van der Waals surface area contributed by atoms with E-state index in [0.717, 1.165) is 31.7 Å². The molecular weight excluding hydrogens is 604 g/mol. The number of ether oxygens (including phenoxy) is 2. The van der Waals surface area contributed by atoms with Gasteiger partial charge in [-0.05, 0) is 31.5 Å². The van der Waals surface area contributed by atoms with Gasteiger partial charge < -0.3 is 36.3 Å². The third kappa shape index (κ3) is 6.51. The van der Waals surface area contributed by atoms with Gasteiger partial charge in [0.1, 0.15) is 6.04 Å². The molecule has 5 amide bonds. The third-order valence-electron chi connectivity index (χ3n) is 6.96. The summed E-state index contributed by atoms with van der Waals surface area (Å²) in [5, 5.41) is 16.3. The van der Waals surface area contributed by atoms with Gasteiger partial charge in [0.2, 0.25) is 35.7 Å². The molecule has 17 nitrogen and oxygen atoms in total. The summed E-state index contributed by atoms with van der Waals surface area (Å²) in [6.07, 6.45) is -0.162. The minimum absolute atomic E-state index is 0.0570. The first-order valence-electron chi connectivity index (χ1n) is 13.1. The van der Waals surface area contributed by atoms with Gasteiger partial charge in [0, 0.05) is 20.9 Å². The largest absolute Gasteiger partial charge is 0.477 e. The maximum atomic E-state index is 14.0. The number of hydrogen-bond acceptors (Lipinski definition) is 12. The number of benzene rings is 1. The normalized spacial score (nSPS) is 24.3. The van der Waals surface area contributed by atoms with Crippen LogP contribution in [0.5, 0.6) is 11.5 Å². The number of fused-ring (bicyclic) bond motifs is 1. The number of aliphatic carboxylic acids is 1. The second kappa shape index (κ2) is 13.0. The van der Waals surface area contributed by atoms with E-state index >= 15 is 0 Å². The number of hydrogen-bond donors (Lipinski definition) is 6. The lowest BCUT2D eigenvalue weighted by Crippen LogP contribution is -2.87. The summed E-state index contributed by atoms with van der Waals surface area (Å²) in [5.41, 5.74) is 8.30. The molecule has 3 rings (SSSR count). The molecule has 1 aromatic carbocycles. The minimum atomic E-state index is -1.71. The van der Waals surface area contributed by atoms with Crippen LogP contribution in [-0.2, 0) is 38.4 Å². The molecular formula is C26H33N6O11S+. The SMILES string of the molecule is CNC(=O)CC(N)C(=O)NC(C(=O)N[N+]12C(=O)[C@H](NC=O)[C@H]1SC(C)(C)[C@@H]2C(=O)O)c1ccc(OC(C)=O)c(OC(C)=O)c1. The van der Waals surface area contributed by atoms with Crippen molar-refractivity contribution < 1.29 is 57.5 Å². The van der Waals surface area contributed by atoms with E-state index in [9.17, 15) is 43.5 Å². The Labute approximate surface area is 255 Å². The molecule has 18 heteroatoms. The van der Waals surface area contributed by atoms with E-state index in [0.29, 0.717) is 0 Å². The van der Waals surface area contributed by atoms with E-state index in [1.807, 2.05) is 0 Å². The van der Waals surface area contributed by atoms with E-state index in [-0.39, 0.29) is 23.5 Å². The molecule has 2 heterocycles. The summed E-state index contributed by atoms with van der Waals surface area (Å²) >= 11 is 1.08. The van der Waals surface area contributed by atoms with Gasteiger partial charge >= 0.3 is 23.8 Å². The molecule has 0 spiro atoms. The monoisotopic (exact) mass is 637 g/mol. The van der Waals surface area contributed by atoms with E-state index in [1.54, 1.807) is 13.8 Å². The van der Waals surface area contributed by atoms with Crippen LogP contribution in [-0.4, -0.2) is 92.9 Å². The molecule has 0 saturated carbocycles. The number of amides is 5. The Morgan fingerprint density at radius 2 is 1.70 bits per heavy atom. The lowest BCUT2D eigenvalue weighted by Gasteiger charge is -2.49. The first-order valence-corrected chi connectivity index (χ1v) is 14.0. The number of carbonyl (C=O) groups excluding carboxylic acids is 7. The van der Waals surface area contributed by atoms with Crippen LogP contribution in [0.1, 0.15) is 45.7 Å². The highest BCUT2D eigenvalue weighted by Crippen LogP contribution is 2.55. The zero-order valence-corrected chi connectivity index (χ0v) is 25.2. The van der Waals surface area contributed by atoms with Crippen molar-refractivity contribution in [2.24, 2.45) is 5.73 Å². The second-order valence-corrected chi connectivity index (χ2v) is 12.3. The van der Waals surface area contributed by atoms with Crippen molar-refractivity contribution in [1.29, 1.82) is 0 Å². The Balaban J connectivity index is 2.10. The molecule has 0 bridgehead atoms. The van der Waals surface area contributed by atoms with Gasteiger partial charge in [0.15, 0.2) is 11.5 Å². The van der Waals surface area contributed by atoms with E-state index in [1.165, 1.54) is 19.2 Å². The highest BCUT2D eigenvalue weighted by molar-refractivity contribution is 8.01. The molecule has 3 unspecified atom stereocenters. The summed E-state index contributed by atoms with van der Waals surface area (Å²) in [6, 6.07) is -2.20. The number of carboxylic acids is 1. The van der Waals surface area contributed by atoms with Crippen molar-refractivity contribution in [3.05, 3.63) is 23.8 Å². The van der Waals surface area contributed by atoms with Gasteiger partial charge in [0.05, 0.1) is 17.2 Å². The Bertz CT molecular complexity index is 1420. The summed E-state index contributed by atoms with van der Waals surface area (Å²) in [4.78, 5) is 99.4. The van der Waals surface area contributed by atoms with Gasteiger partial charge in [0.25, 0.3) is 5.91 Å². The molecule has 2 aliphatic heterocycles. The fraction of sp³-hybridized carbons (Fsp3) is 0.462. The fourth-order valence-corrected chi connectivity index (χ4v) is 6.97. The average Bonchev–Trinajstić information content (AvgIpc) is 3.14. The van der Waals surface area contributed by atoms with Crippen molar-refractivity contribution in [1.82, 2.24) is 21.4 Å². The smallest absolute Gasteiger partial charge is 0.369 e. The van der Waals surface area contributed by atoms with Gasteiger partial charge in [-0.3, -0.25) is 28.8 Å². The Kier molecular flexibility index (Phi) is 10.0. The predicted octanol–water partition coefficient (Wildman–Crippen LogP) is -2.03. The topological polar surface area (TPSA) is 249 Å². The Morgan fingerprint density at radius 3 is 2.25 bits per heavy atom. The van der Waals surface area contributed by atoms with Crippen LogP contribution in [0.15, 0.2) is 18.2 Å². The van der Waals surface area contributed by atoms with Crippen LogP contribution in [0.2, 0.25) is 0 Å². The summed E-state index contributed by atoms with van der Waals surface area (Å²) < 4.78 is 7.99. The van der Waals surface area contributed by atoms with Crippen LogP contribution in [0, 0.1) is 0 Å². The molecule has 2 fully saturated rings. The van der Waals surface area contributed by atoms with Crippen molar-refractivity contribution in [2.75, 3.05) is 7.05 Å². The number of esters is 2. The maximum absolute atomic E-state index is 14.0. The number of carboxylic acid groups (broad SMARTS) is 1. The first-order chi connectivity index (χ1) is 20.5. The molecule has 2 aliphatic rings. The third-order valence-corrected chi connectivity index (χ3v) is 8.64. The number of nitrogens with two attached hydrogens (primary N) is 1. The van der Waals surface area contributed by atoms with Crippen molar-refractivity contribution in [3.8, 4) is 11.5 Å². The Morgan fingerprint density at radius 1 is 1.09 bits per heavy atom. The zero-order chi connectivity index (χ0) is 33.1. The molecule has 44 heavy (non-hydrogen) atoms. The van der Waals surface area contributed by atoms with Gasteiger partial charge in [-0.1, -0.05) is 17.8 Å². The van der Waals surface area contributed by atoms with Gasteiger partial charge in [-0.25, -0.2) is 9.59 Å². The number of thioether (sulfide) groups is 1. The number of nitrogens with zero attached hydrogens (tertiary/aromatic N) is 1. The number of carbonyl (C=O) groups is 8.